The zero-order valence-electron chi connectivity index (χ0n) is 9.07. The summed E-state index contributed by atoms with van der Waals surface area (Å²) in [5.74, 6) is -4.17. The number of nitrogens with zero attached hydrogens (tertiary/aromatic N) is 1. The van der Waals surface area contributed by atoms with Crippen LogP contribution in [0, 0.1) is 11.3 Å². The first-order valence-electron chi connectivity index (χ1n) is 4.74. The van der Waals surface area contributed by atoms with Crippen LogP contribution in [0.1, 0.15) is 33.6 Å². The maximum Gasteiger partial charge on any atom is 0.269 e. The molecule has 0 saturated heterocycles. The average Bonchev–Trinajstić information content (AvgIpc) is 2.12. The minimum Gasteiger partial charge on any atom is -0.207 e. The molecule has 0 N–H and O–H groups in total. The van der Waals surface area contributed by atoms with Gasteiger partial charge in [-0.2, -0.15) is 5.26 Å². The Kier molecular flexibility index (Phi) is 5.13. The van der Waals surface area contributed by atoms with Crippen molar-refractivity contribution < 1.29 is 13.2 Å². The van der Waals surface area contributed by atoms with Crippen molar-refractivity contribution in [3.8, 4) is 6.07 Å². The van der Waals surface area contributed by atoms with Gasteiger partial charge in [-0.25, -0.2) is 13.2 Å². The molecule has 0 aliphatic heterocycles. The van der Waals surface area contributed by atoms with Crippen LogP contribution in [0.2, 0.25) is 0 Å². The average molecular weight is 217 g/mol. The summed E-state index contributed by atoms with van der Waals surface area (Å²) in [6, 6.07) is 1.76. The van der Waals surface area contributed by atoms with Crippen LogP contribution < -0.4 is 0 Å². The van der Waals surface area contributed by atoms with Gasteiger partial charge in [0.1, 0.15) is 5.83 Å². The van der Waals surface area contributed by atoms with Gasteiger partial charge in [-0.05, 0) is 18.9 Å². The van der Waals surface area contributed by atoms with Crippen molar-refractivity contribution in [1.29, 1.82) is 5.26 Å². The molecule has 1 nitrogen and oxygen atoms in total. The van der Waals surface area contributed by atoms with Crippen molar-refractivity contribution >= 4 is 0 Å². The van der Waals surface area contributed by atoms with E-state index in [1.54, 1.807) is 13.0 Å². The fourth-order valence-electron chi connectivity index (χ4n) is 1.14. The second-order valence-corrected chi connectivity index (χ2v) is 3.20. The van der Waals surface area contributed by atoms with Crippen molar-refractivity contribution in [3.05, 3.63) is 23.0 Å². The molecule has 0 amide bonds. The Morgan fingerprint density at radius 3 is 2.13 bits per heavy atom. The second kappa shape index (κ2) is 5.59. The van der Waals surface area contributed by atoms with Crippen LogP contribution in [0.3, 0.4) is 0 Å². The Bertz CT molecular complexity index is 316. The Morgan fingerprint density at radius 2 is 1.87 bits per heavy atom. The molecule has 0 aliphatic carbocycles. The predicted molar refractivity (Wildman–Crippen MR) is 53.0 cm³/mol. The Morgan fingerprint density at radius 1 is 1.33 bits per heavy atom. The van der Waals surface area contributed by atoms with Gasteiger partial charge in [0.15, 0.2) is 0 Å². The fraction of sp³-hybridized carbons (Fsp3) is 0.545. The van der Waals surface area contributed by atoms with Crippen LogP contribution in [0.15, 0.2) is 23.0 Å². The molecule has 0 atom stereocenters. The highest BCUT2D eigenvalue weighted by Crippen LogP contribution is 2.30. The van der Waals surface area contributed by atoms with Crippen LogP contribution in [0.25, 0.3) is 0 Å². The standard InChI is InChI=1S/C11H14F3N/c1-4-8(7-15)6-10(12)9(5-2)11(3,13)14/h6H,4-5H2,1-3H3/b8-6+,10-9-. The lowest BCUT2D eigenvalue weighted by molar-refractivity contribution is 0.0576. The molecule has 0 saturated carbocycles. The molecule has 0 aromatic rings. The summed E-state index contributed by atoms with van der Waals surface area (Å²) >= 11 is 0. The number of rotatable bonds is 4. The topological polar surface area (TPSA) is 23.8 Å². The number of allylic oxidation sites excluding steroid dienone is 4. The van der Waals surface area contributed by atoms with E-state index in [1.807, 2.05) is 0 Å². The van der Waals surface area contributed by atoms with E-state index in [-0.39, 0.29) is 12.0 Å². The molecule has 15 heavy (non-hydrogen) atoms. The van der Waals surface area contributed by atoms with E-state index in [0.29, 0.717) is 13.3 Å². The summed E-state index contributed by atoms with van der Waals surface area (Å²) in [6.07, 6.45) is 1.14. The largest absolute Gasteiger partial charge is 0.269 e. The third-order valence-corrected chi connectivity index (χ3v) is 2.00. The monoisotopic (exact) mass is 217 g/mol. The number of halogens is 3. The second-order valence-electron chi connectivity index (χ2n) is 3.20. The van der Waals surface area contributed by atoms with Crippen molar-refractivity contribution in [2.75, 3.05) is 0 Å². The first-order valence-corrected chi connectivity index (χ1v) is 4.74. The van der Waals surface area contributed by atoms with E-state index in [2.05, 4.69) is 0 Å². The summed E-state index contributed by atoms with van der Waals surface area (Å²) in [5.41, 5.74) is -0.411. The maximum absolute atomic E-state index is 13.4. The van der Waals surface area contributed by atoms with Gasteiger partial charge in [-0.15, -0.1) is 0 Å². The molecule has 0 aromatic heterocycles. The van der Waals surface area contributed by atoms with Crippen molar-refractivity contribution in [3.63, 3.8) is 0 Å². The van der Waals surface area contributed by atoms with E-state index >= 15 is 0 Å². The van der Waals surface area contributed by atoms with Gasteiger partial charge in [0.05, 0.1) is 6.07 Å². The van der Waals surface area contributed by atoms with E-state index in [9.17, 15) is 13.2 Å². The van der Waals surface area contributed by atoms with Crippen LogP contribution in [-0.2, 0) is 0 Å². The van der Waals surface area contributed by atoms with Crippen molar-refractivity contribution in [1.82, 2.24) is 0 Å². The molecule has 4 heteroatoms. The summed E-state index contributed by atoms with van der Waals surface area (Å²) in [6.45, 7) is 3.77. The van der Waals surface area contributed by atoms with Gasteiger partial charge in [-0.3, -0.25) is 0 Å². The highest BCUT2D eigenvalue weighted by molar-refractivity contribution is 5.32. The molecule has 0 rings (SSSR count). The predicted octanol–water partition coefficient (Wildman–Crippen LogP) is 4.14. The van der Waals surface area contributed by atoms with Crippen molar-refractivity contribution in [2.45, 2.75) is 39.5 Å². The van der Waals surface area contributed by atoms with Gasteiger partial charge in [-0.1, -0.05) is 13.8 Å². The molecule has 0 aliphatic rings. The summed E-state index contributed by atoms with van der Waals surface area (Å²) in [5, 5.41) is 8.54. The lowest BCUT2D eigenvalue weighted by Crippen LogP contribution is -2.14. The van der Waals surface area contributed by atoms with Crippen LogP contribution in [0.4, 0.5) is 13.2 Å². The van der Waals surface area contributed by atoms with Gasteiger partial charge in [0, 0.05) is 18.1 Å². The molecule has 0 aromatic carbocycles. The smallest absolute Gasteiger partial charge is 0.207 e. The maximum atomic E-state index is 13.4. The zero-order chi connectivity index (χ0) is 12.1. The van der Waals surface area contributed by atoms with Gasteiger partial charge in [0.2, 0.25) is 0 Å². The number of hydrogen-bond acceptors (Lipinski definition) is 1. The lowest BCUT2D eigenvalue weighted by atomic mass is 10.0. The molecule has 0 bridgehead atoms. The Balaban J connectivity index is 5.25. The zero-order valence-corrected chi connectivity index (χ0v) is 9.07. The molecule has 0 fully saturated rings. The van der Waals surface area contributed by atoms with Gasteiger partial charge in [0.25, 0.3) is 5.92 Å². The molecule has 0 heterocycles. The minimum atomic E-state index is -3.18. The molecule has 84 valence electrons. The molecule has 0 spiro atoms. The number of alkyl halides is 2. The Hall–Kier alpha value is -1.24. The van der Waals surface area contributed by atoms with E-state index in [4.69, 9.17) is 5.26 Å². The lowest BCUT2D eigenvalue weighted by Gasteiger charge is -2.13. The summed E-state index contributed by atoms with van der Waals surface area (Å²) in [4.78, 5) is 0. The number of nitriles is 1. The number of hydrogen-bond donors (Lipinski definition) is 0. The molecule has 0 unspecified atom stereocenters. The third-order valence-electron chi connectivity index (χ3n) is 2.00. The van der Waals surface area contributed by atoms with Crippen LogP contribution in [0.5, 0.6) is 0 Å². The molecule has 0 radical (unpaired) electrons. The molecular weight excluding hydrogens is 203 g/mol. The van der Waals surface area contributed by atoms with Crippen LogP contribution in [-0.4, -0.2) is 5.92 Å². The first kappa shape index (κ1) is 13.8. The summed E-state index contributed by atoms with van der Waals surface area (Å²) in [7, 11) is 0. The first-order chi connectivity index (χ1) is 6.86. The van der Waals surface area contributed by atoms with Gasteiger partial charge >= 0.3 is 0 Å². The van der Waals surface area contributed by atoms with Crippen molar-refractivity contribution in [2.24, 2.45) is 0 Å². The van der Waals surface area contributed by atoms with Crippen LogP contribution >= 0.6 is 0 Å². The Labute approximate surface area is 87.9 Å². The third kappa shape index (κ3) is 4.20. The fourth-order valence-corrected chi connectivity index (χ4v) is 1.14. The van der Waals surface area contributed by atoms with E-state index < -0.39 is 17.3 Å². The normalized spacial score (nSPS) is 14.6. The quantitative estimate of drug-likeness (QED) is 0.513. The summed E-state index contributed by atoms with van der Waals surface area (Å²) < 4.78 is 39.1. The van der Waals surface area contributed by atoms with E-state index in [0.717, 1.165) is 6.08 Å². The molecular formula is C11H14F3N. The highest BCUT2D eigenvalue weighted by atomic mass is 19.3. The van der Waals surface area contributed by atoms with Gasteiger partial charge < -0.3 is 0 Å². The van der Waals surface area contributed by atoms with E-state index in [1.165, 1.54) is 6.92 Å². The SMILES string of the molecule is CC/C(=C(F)\C=C(\C#N)CC)C(C)(F)F. The highest BCUT2D eigenvalue weighted by Gasteiger charge is 2.29. The minimum absolute atomic E-state index is 0.0751.